The SMILES string of the molecule is O=C(Nc1cnn2cccnc12)c1cc2c[nH]nc2cc1OC1CC1. The maximum atomic E-state index is 12.9. The van der Waals surface area contributed by atoms with Gasteiger partial charge < -0.3 is 10.1 Å². The van der Waals surface area contributed by atoms with E-state index in [-0.39, 0.29) is 12.0 Å². The quantitative estimate of drug-likeness (QED) is 0.597. The second kappa shape index (κ2) is 5.30. The Balaban J connectivity index is 1.53. The molecule has 0 radical (unpaired) electrons. The minimum Gasteiger partial charge on any atom is -0.490 e. The van der Waals surface area contributed by atoms with E-state index in [1.54, 1.807) is 47.5 Å². The lowest BCUT2D eigenvalue weighted by Gasteiger charge is -2.11. The summed E-state index contributed by atoms with van der Waals surface area (Å²) < 4.78 is 7.52. The Bertz CT molecular complexity index is 1090. The third-order valence-corrected chi connectivity index (χ3v) is 4.12. The largest absolute Gasteiger partial charge is 0.490 e. The van der Waals surface area contributed by atoms with E-state index in [2.05, 4.69) is 25.6 Å². The van der Waals surface area contributed by atoms with E-state index in [9.17, 15) is 4.79 Å². The predicted molar refractivity (Wildman–Crippen MR) is 90.7 cm³/mol. The molecular formula is C17H14N6O2. The Morgan fingerprint density at radius 1 is 1.36 bits per heavy atom. The highest BCUT2D eigenvalue weighted by atomic mass is 16.5. The van der Waals surface area contributed by atoms with Gasteiger partial charge in [-0.05, 0) is 25.0 Å². The van der Waals surface area contributed by atoms with E-state index in [1.807, 2.05) is 0 Å². The molecule has 8 nitrogen and oxygen atoms in total. The first kappa shape index (κ1) is 14.0. The molecule has 0 saturated heterocycles. The molecule has 0 unspecified atom stereocenters. The number of carbonyl (C=O) groups excluding carboxylic acids is 1. The fourth-order valence-corrected chi connectivity index (χ4v) is 2.72. The number of H-pyrrole nitrogens is 1. The lowest BCUT2D eigenvalue weighted by Crippen LogP contribution is -2.14. The Morgan fingerprint density at radius 3 is 3.16 bits per heavy atom. The molecular weight excluding hydrogens is 320 g/mol. The van der Waals surface area contributed by atoms with Crippen molar-refractivity contribution in [3.05, 3.63) is 48.5 Å². The van der Waals surface area contributed by atoms with Gasteiger partial charge in [0.2, 0.25) is 0 Å². The van der Waals surface area contributed by atoms with Gasteiger partial charge in [0.1, 0.15) is 11.4 Å². The minimum atomic E-state index is -0.265. The zero-order chi connectivity index (χ0) is 16.8. The zero-order valence-electron chi connectivity index (χ0n) is 13.1. The highest BCUT2D eigenvalue weighted by Crippen LogP contribution is 2.32. The number of nitrogens with zero attached hydrogens (tertiary/aromatic N) is 4. The standard InChI is InChI=1S/C17H14N6O2/c24-17(21-14-9-20-23-5-1-4-18-16(14)23)12-6-10-8-19-22-13(10)7-15(12)25-11-2-3-11/h1,4-9,11H,2-3H2,(H,19,22)(H,21,24). The van der Waals surface area contributed by atoms with Gasteiger partial charge in [0.05, 0.1) is 23.4 Å². The number of amides is 1. The summed E-state index contributed by atoms with van der Waals surface area (Å²) in [5.41, 5.74) is 2.38. The van der Waals surface area contributed by atoms with Crippen LogP contribution in [0.4, 0.5) is 5.69 Å². The van der Waals surface area contributed by atoms with E-state index in [1.165, 1.54) is 0 Å². The van der Waals surface area contributed by atoms with Gasteiger partial charge in [0.25, 0.3) is 5.91 Å². The van der Waals surface area contributed by atoms with Crippen LogP contribution in [-0.2, 0) is 0 Å². The van der Waals surface area contributed by atoms with E-state index in [0.717, 1.165) is 23.7 Å². The number of aromatic amines is 1. The summed E-state index contributed by atoms with van der Waals surface area (Å²) in [5, 5.41) is 14.9. The number of rotatable bonds is 4. The highest BCUT2D eigenvalue weighted by Gasteiger charge is 2.26. The first-order valence-electron chi connectivity index (χ1n) is 8.02. The van der Waals surface area contributed by atoms with E-state index in [4.69, 9.17) is 4.74 Å². The van der Waals surface area contributed by atoms with Gasteiger partial charge in [-0.1, -0.05) is 0 Å². The fraction of sp³-hybridized carbons (Fsp3) is 0.176. The molecule has 2 N–H and O–H groups in total. The monoisotopic (exact) mass is 334 g/mol. The Labute approximate surface area is 141 Å². The molecule has 1 amide bonds. The zero-order valence-corrected chi connectivity index (χ0v) is 13.1. The molecule has 1 aromatic carbocycles. The topological polar surface area (TPSA) is 97.2 Å². The molecule has 1 saturated carbocycles. The number of fused-ring (bicyclic) bond motifs is 2. The molecule has 8 heteroatoms. The van der Waals surface area contributed by atoms with E-state index in [0.29, 0.717) is 22.6 Å². The van der Waals surface area contributed by atoms with Crippen LogP contribution in [0.15, 0.2) is 43.0 Å². The van der Waals surface area contributed by atoms with Crippen molar-refractivity contribution in [2.45, 2.75) is 18.9 Å². The third kappa shape index (κ3) is 2.47. The second-order valence-electron chi connectivity index (χ2n) is 6.01. The summed E-state index contributed by atoms with van der Waals surface area (Å²) in [6.45, 7) is 0. The molecule has 0 bridgehead atoms. The number of anilines is 1. The summed E-state index contributed by atoms with van der Waals surface area (Å²) in [4.78, 5) is 17.1. The maximum Gasteiger partial charge on any atom is 0.259 e. The van der Waals surface area contributed by atoms with Crippen LogP contribution >= 0.6 is 0 Å². The second-order valence-corrected chi connectivity index (χ2v) is 6.01. The summed E-state index contributed by atoms with van der Waals surface area (Å²) >= 11 is 0. The number of carbonyl (C=O) groups is 1. The Morgan fingerprint density at radius 2 is 2.28 bits per heavy atom. The van der Waals surface area contributed by atoms with Crippen LogP contribution in [0.1, 0.15) is 23.2 Å². The molecule has 3 aromatic heterocycles. The average molecular weight is 334 g/mol. The molecule has 1 aliphatic carbocycles. The summed E-state index contributed by atoms with van der Waals surface area (Å²) in [7, 11) is 0. The number of hydrogen-bond donors (Lipinski definition) is 2. The van der Waals surface area contributed by atoms with Crippen molar-refractivity contribution in [1.29, 1.82) is 0 Å². The van der Waals surface area contributed by atoms with Crippen LogP contribution in [0.2, 0.25) is 0 Å². The number of aromatic nitrogens is 5. The van der Waals surface area contributed by atoms with Gasteiger partial charge in [-0.15, -0.1) is 0 Å². The van der Waals surface area contributed by atoms with Crippen molar-refractivity contribution < 1.29 is 9.53 Å². The smallest absolute Gasteiger partial charge is 0.259 e. The molecule has 0 spiro atoms. The van der Waals surface area contributed by atoms with Crippen LogP contribution in [-0.4, -0.2) is 36.8 Å². The molecule has 1 aliphatic rings. The van der Waals surface area contributed by atoms with Crippen molar-refractivity contribution in [3.8, 4) is 5.75 Å². The van der Waals surface area contributed by atoms with Crippen LogP contribution in [0.3, 0.4) is 0 Å². The summed E-state index contributed by atoms with van der Waals surface area (Å²) in [5.74, 6) is 0.281. The van der Waals surface area contributed by atoms with Gasteiger partial charge in [0.15, 0.2) is 5.65 Å². The van der Waals surface area contributed by atoms with Gasteiger partial charge in [-0.2, -0.15) is 10.2 Å². The molecule has 0 atom stereocenters. The van der Waals surface area contributed by atoms with Crippen molar-refractivity contribution in [2.75, 3.05) is 5.32 Å². The average Bonchev–Trinajstić information content (AvgIpc) is 3.17. The van der Waals surface area contributed by atoms with Crippen LogP contribution in [0.5, 0.6) is 5.75 Å². The molecule has 3 heterocycles. The normalized spacial score (nSPS) is 14.1. The Kier molecular flexibility index (Phi) is 2.96. The van der Waals surface area contributed by atoms with Crippen molar-refractivity contribution in [2.24, 2.45) is 0 Å². The molecule has 124 valence electrons. The molecule has 0 aliphatic heterocycles. The van der Waals surface area contributed by atoms with E-state index >= 15 is 0 Å². The van der Waals surface area contributed by atoms with E-state index < -0.39 is 0 Å². The molecule has 4 aromatic rings. The van der Waals surface area contributed by atoms with Crippen molar-refractivity contribution >= 4 is 28.1 Å². The number of nitrogens with one attached hydrogen (secondary N) is 2. The third-order valence-electron chi connectivity index (χ3n) is 4.12. The molecule has 25 heavy (non-hydrogen) atoms. The minimum absolute atomic E-state index is 0.182. The number of ether oxygens (including phenoxy) is 1. The highest BCUT2D eigenvalue weighted by molar-refractivity contribution is 6.09. The summed E-state index contributed by atoms with van der Waals surface area (Å²) in [6, 6.07) is 5.36. The summed E-state index contributed by atoms with van der Waals surface area (Å²) in [6.07, 6.45) is 8.97. The molecule has 5 rings (SSSR count). The Hall–Kier alpha value is -3.42. The maximum absolute atomic E-state index is 12.9. The van der Waals surface area contributed by atoms with Gasteiger partial charge >= 0.3 is 0 Å². The fourth-order valence-electron chi connectivity index (χ4n) is 2.72. The lowest BCUT2D eigenvalue weighted by atomic mass is 10.1. The van der Waals surface area contributed by atoms with Crippen molar-refractivity contribution in [1.82, 2.24) is 24.8 Å². The van der Waals surface area contributed by atoms with Gasteiger partial charge in [-0.25, -0.2) is 9.50 Å². The van der Waals surface area contributed by atoms with Crippen molar-refractivity contribution in [3.63, 3.8) is 0 Å². The predicted octanol–water partition coefficient (Wildman–Crippen LogP) is 2.40. The number of benzene rings is 1. The lowest BCUT2D eigenvalue weighted by molar-refractivity contribution is 0.102. The van der Waals surface area contributed by atoms with Crippen LogP contribution in [0.25, 0.3) is 16.6 Å². The number of hydrogen-bond acceptors (Lipinski definition) is 5. The van der Waals surface area contributed by atoms with Gasteiger partial charge in [-0.3, -0.25) is 9.89 Å². The first-order chi connectivity index (χ1) is 12.3. The van der Waals surface area contributed by atoms with Crippen LogP contribution in [0, 0.1) is 0 Å². The van der Waals surface area contributed by atoms with Gasteiger partial charge in [0, 0.05) is 30.0 Å². The molecule has 1 fully saturated rings. The first-order valence-corrected chi connectivity index (χ1v) is 8.02. The van der Waals surface area contributed by atoms with Crippen LogP contribution < -0.4 is 10.1 Å².